The highest BCUT2D eigenvalue weighted by Gasteiger charge is 2.79. The molecule has 0 bridgehead atoms. The van der Waals surface area contributed by atoms with Crippen LogP contribution in [0.5, 0.6) is 0 Å². The lowest BCUT2D eigenvalue weighted by Crippen LogP contribution is -2.65. The highest BCUT2D eigenvalue weighted by atomic mass is 32.2. The molecule has 9 heteroatoms. The van der Waals surface area contributed by atoms with Crippen LogP contribution in [0.1, 0.15) is 97.5 Å². The number of ether oxygens (including phenoxy) is 2. The number of allylic oxidation sites excluding steroid dienone is 2. The Kier molecular flexibility index (Phi) is 8.70. The quantitative estimate of drug-likeness (QED) is 0.205. The minimum absolute atomic E-state index is 0.0404. The lowest BCUT2D eigenvalue weighted by Gasteiger charge is -2.57. The van der Waals surface area contributed by atoms with Gasteiger partial charge in [-0.25, -0.2) is 0 Å². The van der Waals surface area contributed by atoms with Gasteiger partial charge in [0.15, 0.2) is 5.79 Å². The van der Waals surface area contributed by atoms with E-state index in [1.54, 1.807) is 11.8 Å². The maximum absolute atomic E-state index is 15.2. The summed E-state index contributed by atoms with van der Waals surface area (Å²) in [6, 6.07) is 7.96. The molecular formula is C34H47F5O3S. The number of halogens is 5. The lowest BCUT2D eigenvalue weighted by molar-refractivity contribution is -0.362. The van der Waals surface area contributed by atoms with Crippen molar-refractivity contribution >= 4 is 11.8 Å². The first-order chi connectivity index (χ1) is 20.1. The number of hydrogen-bond donors (Lipinski definition) is 1. The van der Waals surface area contributed by atoms with Gasteiger partial charge in [-0.15, -0.1) is 11.8 Å². The van der Waals surface area contributed by atoms with Gasteiger partial charge < -0.3 is 14.6 Å². The summed E-state index contributed by atoms with van der Waals surface area (Å²) < 4.78 is 84.5. The molecular weight excluding hydrogens is 583 g/mol. The van der Waals surface area contributed by atoms with Gasteiger partial charge in [0, 0.05) is 34.5 Å². The molecule has 4 aliphatic carbocycles. The fourth-order valence-corrected chi connectivity index (χ4v) is 9.53. The molecule has 1 aromatic rings. The average molecular weight is 631 g/mol. The van der Waals surface area contributed by atoms with Gasteiger partial charge >= 0.3 is 12.1 Å². The van der Waals surface area contributed by atoms with Crippen LogP contribution in [0.25, 0.3) is 0 Å². The van der Waals surface area contributed by atoms with Gasteiger partial charge in [0.05, 0.1) is 13.2 Å². The largest absolute Gasteiger partial charge is 0.456 e. The van der Waals surface area contributed by atoms with Crippen molar-refractivity contribution in [2.75, 3.05) is 19.5 Å². The molecule has 1 spiro atoms. The standard InChI is InChI=1S/C32H41F5O3S.C2H6/c1-27(2)17-39-29(40-18-27)13-11-22-20(15-29)7-10-23-25-12-14-30(38,31(33,34)32(35,36)37)28(25,3)16-24(26(22)23)19-5-8-21(41-4)9-6-19;1-2/h5-6,8-9,20,23-25,38H,7,10-18H2,1-4H3;1-2H3/t20?,23?,24-,25?,28+,30+;/m1./s1. The van der Waals surface area contributed by atoms with Gasteiger partial charge in [0.1, 0.15) is 5.60 Å². The highest BCUT2D eigenvalue weighted by molar-refractivity contribution is 7.98. The maximum atomic E-state index is 15.2. The molecule has 0 radical (unpaired) electrons. The van der Waals surface area contributed by atoms with Crippen molar-refractivity contribution in [2.24, 2.45) is 28.6 Å². The first kappa shape index (κ1) is 33.2. The molecule has 3 saturated carbocycles. The summed E-state index contributed by atoms with van der Waals surface area (Å²) in [4.78, 5) is 1.06. The van der Waals surface area contributed by atoms with Gasteiger partial charge in [0.2, 0.25) is 0 Å². The number of alkyl halides is 5. The number of aliphatic hydroxyl groups is 1. The van der Waals surface area contributed by atoms with E-state index in [0.29, 0.717) is 26.1 Å². The summed E-state index contributed by atoms with van der Waals surface area (Å²) in [5, 5.41) is 11.5. The Bertz CT molecular complexity index is 1200. The zero-order chi connectivity index (χ0) is 31.6. The highest BCUT2D eigenvalue weighted by Crippen LogP contribution is 2.71. The first-order valence-corrected chi connectivity index (χ1v) is 17.1. The van der Waals surface area contributed by atoms with Crippen molar-refractivity contribution in [3.63, 3.8) is 0 Å². The third kappa shape index (κ3) is 5.20. The summed E-state index contributed by atoms with van der Waals surface area (Å²) in [6.45, 7) is 11.0. The molecule has 1 aliphatic heterocycles. The van der Waals surface area contributed by atoms with E-state index in [2.05, 4.69) is 13.8 Å². The predicted molar refractivity (Wildman–Crippen MR) is 159 cm³/mol. The van der Waals surface area contributed by atoms with Crippen LogP contribution in [0.15, 0.2) is 40.3 Å². The van der Waals surface area contributed by atoms with Gasteiger partial charge in [-0.3, -0.25) is 0 Å². The molecule has 6 atom stereocenters. The van der Waals surface area contributed by atoms with Crippen molar-refractivity contribution in [2.45, 2.75) is 120 Å². The van der Waals surface area contributed by atoms with E-state index >= 15 is 8.78 Å². The second kappa shape index (κ2) is 11.3. The van der Waals surface area contributed by atoms with E-state index in [9.17, 15) is 18.3 Å². The first-order valence-electron chi connectivity index (χ1n) is 15.9. The Morgan fingerprint density at radius 2 is 1.51 bits per heavy atom. The Hall–Kier alpha value is -1.16. The van der Waals surface area contributed by atoms with Gasteiger partial charge in [-0.1, -0.05) is 57.9 Å². The zero-order valence-electron chi connectivity index (χ0n) is 26.3. The fourth-order valence-electron chi connectivity index (χ4n) is 9.12. The van der Waals surface area contributed by atoms with E-state index in [1.165, 1.54) is 18.1 Å². The molecule has 1 saturated heterocycles. The number of thioether (sulfide) groups is 1. The minimum Gasteiger partial charge on any atom is -0.383 e. The van der Waals surface area contributed by atoms with Crippen LogP contribution >= 0.6 is 11.8 Å². The normalized spacial score (nSPS) is 36.7. The summed E-state index contributed by atoms with van der Waals surface area (Å²) in [6.07, 6.45) is -0.437. The number of benzene rings is 1. The van der Waals surface area contributed by atoms with Crippen LogP contribution in [0.4, 0.5) is 22.0 Å². The van der Waals surface area contributed by atoms with E-state index in [0.717, 1.165) is 29.7 Å². The van der Waals surface area contributed by atoms with Crippen molar-refractivity contribution < 1.29 is 36.5 Å². The van der Waals surface area contributed by atoms with E-state index in [1.807, 2.05) is 44.4 Å². The van der Waals surface area contributed by atoms with E-state index < -0.39 is 41.2 Å². The molecule has 3 unspecified atom stereocenters. The Labute approximate surface area is 257 Å². The van der Waals surface area contributed by atoms with Gasteiger partial charge in [-0.2, -0.15) is 22.0 Å². The number of fused-ring (bicyclic) bond motifs is 4. The van der Waals surface area contributed by atoms with Crippen molar-refractivity contribution in [3.8, 4) is 0 Å². The van der Waals surface area contributed by atoms with Gasteiger partial charge in [0.25, 0.3) is 0 Å². The van der Waals surface area contributed by atoms with E-state index in [4.69, 9.17) is 9.47 Å². The van der Waals surface area contributed by atoms with Crippen LogP contribution in [0, 0.1) is 28.6 Å². The van der Waals surface area contributed by atoms with Crippen molar-refractivity contribution in [1.82, 2.24) is 0 Å². The van der Waals surface area contributed by atoms with E-state index in [-0.39, 0.29) is 36.0 Å². The summed E-state index contributed by atoms with van der Waals surface area (Å²) in [5.41, 5.74) is -1.31. The molecule has 43 heavy (non-hydrogen) atoms. The third-order valence-electron chi connectivity index (χ3n) is 11.3. The van der Waals surface area contributed by atoms with Crippen LogP contribution in [-0.4, -0.2) is 48.1 Å². The molecule has 1 heterocycles. The number of rotatable bonds is 3. The van der Waals surface area contributed by atoms with Crippen molar-refractivity contribution in [3.05, 3.63) is 41.0 Å². The Morgan fingerprint density at radius 3 is 2.09 bits per heavy atom. The molecule has 6 rings (SSSR count). The minimum atomic E-state index is -5.82. The maximum Gasteiger partial charge on any atom is 0.456 e. The summed E-state index contributed by atoms with van der Waals surface area (Å²) in [7, 11) is 0. The lowest BCUT2D eigenvalue weighted by atomic mass is 9.49. The second-order valence-corrected chi connectivity index (χ2v) is 15.1. The molecule has 1 N–H and O–H groups in total. The second-order valence-electron chi connectivity index (χ2n) is 14.2. The number of hydrogen-bond acceptors (Lipinski definition) is 4. The van der Waals surface area contributed by atoms with Crippen LogP contribution in [0.2, 0.25) is 0 Å². The van der Waals surface area contributed by atoms with Crippen LogP contribution in [0.3, 0.4) is 0 Å². The van der Waals surface area contributed by atoms with Crippen LogP contribution in [-0.2, 0) is 9.47 Å². The molecule has 5 aliphatic rings. The topological polar surface area (TPSA) is 38.7 Å². The van der Waals surface area contributed by atoms with Gasteiger partial charge in [-0.05, 0) is 80.2 Å². The molecule has 1 aromatic carbocycles. The average Bonchev–Trinajstić information content (AvgIpc) is 3.26. The summed E-state index contributed by atoms with van der Waals surface area (Å²) >= 11 is 1.59. The molecule has 4 fully saturated rings. The molecule has 0 amide bonds. The predicted octanol–water partition coefficient (Wildman–Crippen LogP) is 9.54. The van der Waals surface area contributed by atoms with Crippen LogP contribution < -0.4 is 0 Å². The smallest absolute Gasteiger partial charge is 0.383 e. The monoisotopic (exact) mass is 630 g/mol. The zero-order valence-corrected chi connectivity index (χ0v) is 27.1. The molecule has 3 nitrogen and oxygen atoms in total. The fraction of sp³-hybridized carbons (Fsp3) is 0.765. The Balaban J connectivity index is 0.00000180. The molecule has 242 valence electrons. The third-order valence-corrected chi connectivity index (χ3v) is 12.1. The molecule has 0 aromatic heterocycles. The van der Waals surface area contributed by atoms with Crippen molar-refractivity contribution in [1.29, 1.82) is 0 Å². The SMILES string of the molecule is CC.CSc1ccc([C@H]2C[C@@]3(C)C(CC[C@@]3(O)C(F)(F)C(F)(F)F)C3CCC4CC5(CCC4=C32)OCC(C)(C)CO5)cc1. The Morgan fingerprint density at radius 1 is 0.884 bits per heavy atom. The summed E-state index contributed by atoms with van der Waals surface area (Å²) in [5.74, 6) is -6.48.